The third-order valence-corrected chi connectivity index (χ3v) is 2.14. The number of unbranched alkanes of at least 4 members (excludes halogenated alkanes) is 1. The lowest BCUT2D eigenvalue weighted by Gasteiger charge is -2.14. The van der Waals surface area contributed by atoms with Crippen LogP contribution in [-0.4, -0.2) is 29.8 Å². The van der Waals surface area contributed by atoms with Crippen LogP contribution >= 0.6 is 0 Å². The van der Waals surface area contributed by atoms with E-state index in [9.17, 15) is 0 Å². The molecule has 0 aliphatic carbocycles. The van der Waals surface area contributed by atoms with Crippen LogP contribution in [0.4, 0.5) is 0 Å². The predicted molar refractivity (Wildman–Crippen MR) is 56.6 cm³/mol. The van der Waals surface area contributed by atoms with Crippen LogP contribution in [0.2, 0.25) is 0 Å². The number of aliphatic hydroxyl groups is 1. The van der Waals surface area contributed by atoms with Gasteiger partial charge in [0.05, 0.1) is 6.10 Å². The van der Waals surface area contributed by atoms with Crippen molar-refractivity contribution in [3.63, 3.8) is 0 Å². The Morgan fingerprint density at radius 3 is 2.31 bits per heavy atom. The summed E-state index contributed by atoms with van der Waals surface area (Å²) in [6, 6.07) is 0.504. The van der Waals surface area contributed by atoms with Crippen molar-refractivity contribution in [1.82, 2.24) is 5.32 Å². The van der Waals surface area contributed by atoms with Crippen molar-refractivity contribution < 1.29 is 5.11 Å². The molecule has 0 rings (SSSR count). The van der Waals surface area contributed by atoms with Crippen LogP contribution in [0, 0.1) is 0 Å². The zero-order chi connectivity index (χ0) is 10.3. The van der Waals surface area contributed by atoms with Crippen LogP contribution in [0.25, 0.3) is 0 Å². The van der Waals surface area contributed by atoms with Crippen LogP contribution in [0.1, 0.15) is 40.0 Å². The lowest BCUT2D eigenvalue weighted by atomic mass is 10.1. The molecule has 3 heteroatoms. The minimum Gasteiger partial charge on any atom is -0.392 e. The molecule has 0 amide bonds. The Kier molecular flexibility index (Phi) is 7.23. The van der Waals surface area contributed by atoms with Crippen molar-refractivity contribution in [3.05, 3.63) is 0 Å². The van der Waals surface area contributed by atoms with E-state index in [1.54, 1.807) is 6.92 Å². The highest BCUT2D eigenvalue weighted by Gasteiger charge is 2.07. The van der Waals surface area contributed by atoms with Crippen molar-refractivity contribution in [2.75, 3.05) is 6.54 Å². The van der Waals surface area contributed by atoms with Gasteiger partial charge in [-0.25, -0.2) is 0 Å². The molecule has 0 fully saturated rings. The van der Waals surface area contributed by atoms with E-state index in [4.69, 9.17) is 10.8 Å². The number of hydrogen-bond donors (Lipinski definition) is 3. The summed E-state index contributed by atoms with van der Waals surface area (Å²) in [5, 5.41) is 12.5. The monoisotopic (exact) mass is 188 g/mol. The highest BCUT2D eigenvalue weighted by atomic mass is 16.3. The minimum absolute atomic E-state index is 0.0564. The second-order valence-corrected chi connectivity index (χ2v) is 4.01. The largest absolute Gasteiger partial charge is 0.392 e. The van der Waals surface area contributed by atoms with Gasteiger partial charge in [0, 0.05) is 12.1 Å². The molecule has 0 aromatic carbocycles. The Morgan fingerprint density at radius 2 is 1.85 bits per heavy atom. The second-order valence-electron chi connectivity index (χ2n) is 4.01. The smallest absolute Gasteiger partial charge is 0.0662 e. The van der Waals surface area contributed by atoms with Gasteiger partial charge in [-0.05, 0) is 26.3 Å². The van der Waals surface area contributed by atoms with E-state index in [-0.39, 0.29) is 12.1 Å². The number of hydrogen-bond acceptors (Lipinski definition) is 3. The van der Waals surface area contributed by atoms with Gasteiger partial charge < -0.3 is 16.2 Å². The molecule has 3 nitrogen and oxygen atoms in total. The van der Waals surface area contributed by atoms with Gasteiger partial charge in [0.1, 0.15) is 0 Å². The molecular formula is C10H24N2O. The average Bonchev–Trinajstić information content (AvgIpc) is 2.02. The molecule has 0 heterocycles. The first-order chi connectivity index (χ1) is 6.04. The van der Waals surface area contributed by atoms with Gasteiger partial charge in [-0.3, -0.25) is 0 Å². The lowest BCUT2D eigenvalue weighted by molar-refractivity contribution is 0.157. The third-order valence-electron chi connectivity index (χ3n) is 2.14. The Labute approximate surface area is 81.7 Å². The minimum atomic E-state index is -0.377. The van der Waals surface area contributed by atoms with Crippen LogP contribution in [0.15, 0.2) is 0 Å². The Bertz CT molecular complexity index is 115. The van der Waals surface area contributed by atoms with E-state index in [0.717, 1.165) is 25.8 Å². The third kappa shape index (κ3) is 8.22. The first kappa shape index (κ1) is 12.9. The average molecular weight is 188 g/mol. The molecule has 0 saturated heterocycles. The van der Waals surface area contributed by atoms with E-state index in [0.29, 0.717) is 6.04 Å². The molecule has 0 aromatic heterocycles. The molecule has 80 valence electrons. The highest BCUT2D eigenvalue weighted by Crippen LogP contribution is 2.01. The summed E-state index contributed by atoms with van der Waals surface area (Å²) >= 11 is 0. The van der Waals surface area contributed by atoms with E-state index < -0.39 is 0 Å². The van der Waals surface area contributed by atoms with Gasteiger partial charge in [-0.1, -0.05) is 20.3 Å². The van der Waals surface area contributed by atoms with E-state index >= 15 is 0 Å². The topological polar surface area (TPSA) is 58.3 Å². The fraction of sp³-hybridized carbons (Fsp3) is 1.00. The molecule has 0 radical (unpaired) electrons. The highest BCUT2D eigenvalue weighted by molar-refractivity contribution is 4.67. The maximum absolute atomic E-state index is 9.13. The first-order valence-corrected chi connectivity index (χ1v) is 5.21. The summed E-state index contributed by atoms with van der Waals surface area (Å²) in [5.74, 6) is 0. The molecule has 4 N–H and O–H groups in total. The molecule has 0 bridgehead atoms. The Morgan fingerprint density at radius 1 is 1.23 bits per heavy atom. The lowest BCUT2D eigenvalue weighted by Crippen LogP contribution is -2.32. The van der Waals surface area contributed by atoms with Crippen molar-refractivity contribution in [3.8, 4) is 0 Å². The summed E-state index contributed by atoms with van der Waals surface area (Å²) in [7, 11) is 0. The summed E-state index contributed by atoms with van der Waals surface area (Å²) in [6.45, 7) is 7.07. The molecule has 0 aromatic rings. The molecule has 0 saturated carbocycles. The van der Waals surface area contributed by atoms with Crippen LogP contribution < -0.4 is 11.1 Å². The maximum Gasteiger partial charge on any atom is 0.0662 e. The molecule has 13 heavy (non-hydrogen) atoms. The predicted octanol–water partition coefficient (Wildman–Crippen LogP) is 0.863. The molecule has 2 unspecified atom stereocenters. The van der Waals surface area contributed by atoms with Gasteiger partial charge in [0.25, 0.3) is 0 Å². The normalized spacial score (nSPS) is 16.2. The van der Waals surface area contributed by atoms with Crippen molar-refractivity contribution in [1.29, 1.82) is 0 Å². The molecule has 0 aliphatic rings. The standard InChI is InChI=1S/C10H24N2O/c1-8(2)12-7-5-4-6-10(11)9(3)13/h8-10,12-13H,4-7,11H2,1-3H3. The summed E-state index contributed by atoms with van der Waals surface area (Å²) < 4.78 is 0. The Balaban J connectivity index is 3.16. The SMILES string of the molecule is CC(C)NCCCCC(N)C(C)O. The number of rotatable bonds is 7. The summed E-state index contributed by atoms with van der Waals surface area (Å²) in [6.07, 6.45) is 2.76. The van der Waals surface area contributed by atoms with Gasteiger partial charge in [0.2, 0.25) is 0 Å². The maximum atomic E-state index is 9.13. The van der Waals surface area contributed by atoms with E-state index in [1.165, 1.54) is 0 Å². The molecule has 2 atom stereocenters. The van der Waals surface area contributed by atoms with Crippen molar-refractivity contribution >= 4 is 0 Å². The van der Waals surface area contributed by atoms with Gasteiger partial charge in [-0.15, -0.1) is 0 Å². The van der Waals surface area contributed by atoms with Crippen molar-refractivity contribution in [2.24, 2.45) is 5.73 Å². The van der Waals surface area contributed by atoms with Gasteiger partial charge in [0.15, 0.2) is 0 Å². The second kappa shape index (κ2) is 7.30. The zero-order valence-electron chi connectivity index (χ0n) is 9.09. The van der Waals surface area contributed by atoms with E-state index in [2.05, 4.69) is 19.2 Å². The summed E-state index contributed by atoms with van der Waals surface area (Å²) in [5.41, 5.74) is 5.69. The van der Waals surface area contributed by atoms with Gasteiger partial charge in [-0.2, -0.15) is 0 Å². The first-order valence-electron chi connectivity index (χ1n) is 5.21. The summed E-state index contributed by atoms with van der Waals surface area (Å²) in [4.78, 5) is 0. The molecule has 0 aliphatic heterocycles. The number of nitrogens with two attached hydrogens (primary N) is 1. The number of aliphatic hydroxyl groups excluding tert-OH is 1. The van der Waals surface area contributed by atoms with E-state index in [1.807, 2.05) is 0 Å². The van der Waals surface area contributed by atoms with Crippen LogP contribution in [0.3, 0.4) is 0 Å². The van der Waals surface area contributed by atoms with Gasteiger partial charge >= 0.3 is 0 Å². The molecule has 0 spiro atoms. The van der Waals surface area contributed by atoms with Crippen LogP contribution in [-0.2, 0) is 0 Å². The van der Waals surface area contributed by atoms with Crippen molar-refractivity contribution in [2.45, 2.75) is 58.2 Å². The quantitative estimate of drug-likeness (QED) is 0.519. The number of nitrogens with one attached hydrogen (secondary N) is 1. The molecular weight excluding hydrogens is 164 g/mol. The Hall–Kier alpha value is -0.120. The fourth-order valence-electron chi connectivity index (χ4n) is 1.14. The zero-order valence-corrected chi connectivity index (χ0v) is 9.09. The van der Waals surface area contributed by atoms with Crippen LogP contribution in [0.5, 0.6) is 0 Å². The fourth-order valence-corrected chi connectivity index (χ4v) is 1.14.